The van der Waals surface area contributed by atoms with Crippen LogP contribution in [0.2, 0.25) is 0 Å². The predicted octanol–water partition coefficient (Wildman–Crippen LogP) is 1.54. The first-order valence-electron chi connectivity index (χ1n) is 8.02. The summed E-state index contributed by atoms with van der Waals surface area (Å²) >= 11 is 0. The van der Waals surface area contributed by atoms with Crippen LogP contribution in [0.25, 0.3) is 0 Å². The van der Waals surface area contributed by atoms with E-state index in [0.717, 1.165) is 12.8 Å². The van der Waals surface area contributed by atoms with Crippen molar-refractivity contribution in [1.82, 2.24) is 14.4 Å². The zero-order chi connectivity index (χ0) is 17.0. The number of rotatable bonds is 6. The topological polar surface area (TPSA) is 83.7 Å². The summed E-state index contributed by atoms with van der Waals surface area (Å²) in [6.45, 7) is 4.36. The summed E-state index contributed by atoms with van der Waals surface area (Å²) in [5.74, 6) is 0.596. The summed E-state index contributed by atoms with van der Waals surface area (Å²) in [7, 11) is -1.71. The van der Waals surface area contributed by atoms with Crippen LogP contribution in [0.5, 0.6) is 0 Å². The van der Waals surface area contributed by atoms with Crippen molar-refractivity contribution in [2.45, 2.75) is 52.1 Å². The lowest BCUT2D eigenvalue weighted by Crippen LogP contribution is -2.52. The van der Waals surface area contributed by atoms with Gasteiger partial charge in [-0.05, 0) is 26.2 Å². The van der Waals surface area contributed by atoms with Gasteiger partial charge >= 0.3 is 0 Å². The number of aryl methyl sites for hydroxylation is 1. The smallest absolute Gasteiger partial charge is 0.241 e. The first kappa shape index (κ1) is 17.9. The second kappa shape index (κ2) is 7.44. The molecule has 0 aliphatic carbocycles. The van der Waals surface area contributed by atoms with Crippen molar-refractivity contribution in [2.75, 3.05) is 19.3 Å². The number of hydrogen-bond donors (Lipinski definition) is 0. The van der Waals surface area contributed by atoms with Gasteiger partial charge in [-0.25, -0.2) is 8.42 Å². The molecule has 0 bridgehead atoms. The molecule has 1 aliphatic rings. The van der Waals surface area contributed by atoms with E-state index in [0.29, 0.717) is 37.4 Å². The van der Waals surface area contributed by atoms with Crippen LogP contribution in [0, 0.1) is 6.92 Å². The highest BCUT2D eigenvalue weighted by Crippen LogP contribution is 2.23. The first-order chi connectivity index (χ1) is 10.8. The number of carbonyl (C=O) groups excluding carboxylic acids is 1. The molecule has 1 amide bonds. The molecule has 0 spiro atoms. The van der Waals surface area contributed by atoms with Gasteiger partial charge in [0.25, 0.3) is 0 Å². The van der Waals surface area contributed by atoms with E-state index in [1.165, 1.54) is 9.21 Å². The molecular weight excluding hydrogens is 318 g/mol. The molecule has 0 N–H and O–H groups in total. The average molecular weight is 343 g/mol. The summed E-state index contributed by atoms with van der Waals surface area (Å²) in [5.41, 5.74) is 0.664. The number of carbonyl (C=O) groups is 1. The molecule has 130 valence electrons. The van der Waals surface area contributed by atoms with Crippen LogP contribution < -0.4 is 0 Å². The number of nitrogens with zero attached hydrogens (tertiary/aromatic N) is 3. The van der Waals surface area contributed by atoms with Crippen molar-refractivity contribution < 1.29 is 17.7 Å². The van der Waals surface area contributed by atoms with Crippen LogP contribution in [0.15, 0.2) is 10.6 Å². The van der Waals surface area contributed by atoms with Gasteiger partial charge in [0.1, 0.15) is 17.5 Å². The molecule has 1 fully saturated rings. The van der Waals surface area contributed by atoms with Crippen LogP contribution in [-0.2, 0) is 21.4 Å². The SMILES string of the molecule is CCCS(=O)(=O)N1CCCCC1C(=O)N(C)Cc1cc(C)on1. The van der Waals surface area contributed by atoms with Gasteiger partial charge in [-0.1, -0.05) is 18.5 Å². The van der Waals surface area contributed by atoms with Gasteiger partial charge in [-0.15, -0.1) is 0 Å². The fourth-order valence-corrected chi connectivity index (χ4v) is 4.67. The lowest BCUT2D eigenvalue weighted by atomic mass is 10.0. The van der Waals surface area contributed by atoms with Gasteiger partial charge in [0.05, 0.1) is 12.3 Å². The maximum absolute atomic E-state index is 12.7. The molecule has 8 heteroatoms. The number of amides is 1. The number of piperidine rings is 1. The predicted molar refractivity (Wildman–Crippen MR) is 86.1 cm³/mol. The van der Waals surface area contributed by atoms with E-state index in [2.05, 4.69) is 5.16 Å². The monoisotopic (exact) mass is 343 g/mol. The zero-order valence-electron chi connectivity index (χ0n) is 14.0. The van der Waals surface area contributed by atoms with Crippen LogP contribution in [0.1, 0.15) is 44.1 Å². The number of likely N-dealkylation sites (N-methyl/N-ethyl adjacent to an activating group) is 1. The van der Waals surface area contributed by atoms with Crippen molar-refractivity contribution in [2.24, 2.45) is 0 Å². The van der Waals surface area contributed by atoms with Gasteiger partial charge in [0.15, 0.2) is 0 Å². The molecule has 1 aromatic heterocycles. The third-order valence-electron chi connectivity index (χ3n) is 4.01. The second-order valence-electron chi connectivity index (χ2n) is 6.06. The van der Waals surface area contributed by atoms with E-state index in [1.54, 1.807) is 20.0 Å². The molecule has 1 atom stereocenters. The normalized spacial score (nSPS) is 19.7. The number of aromatic nitrogens is 1. The lowest BCUT2D eigenvalue weighted by Gasteiger charge is -2.35. The molecule has 1 saturated heterocycles. The molecule has 2 rings (SSSR count). The molecule has 0 saturated carbocycles. The molecule has 1 unspecified atom stereocenters. The third kappa shape index (κ3) is 4.32. The molecule has 1 aliphatic heterocycles. The largest absolute Gasteiger partial charge is 0.361 e. The van der Waals surface area contributed by atoms with Gasteiger partial charge in [-0.2, -0.15) is 4.31 Å². The van der Waals surface area contributed by atoms with Gasteiger partial charge in [-0.3, -0.25) is 4.79 Å². The molecule has 0 aromatic carbocycles. The van der Waals surface area contributed by atoms with Crippen molar-refractivity contribution in [3.05, 3.63) is 17.5 Å². The minimum absolute atomic E-state index is 0.0863. The first-order valence-corrected chi connectivity index (χ1v) is 9.62. The van der Waals surface area contributed by atoms with Crippen molar-refractivity contribution >= 4 is 15.9 Å². The summed E-state index contributed by atoms with van der Waals surface area (Å²) in [6.07, 6.45) is 2.79. The van der Waals surface area contributed by atoms with Gasteiger partial charge in [0.2, 0.25) is 15.9 Å². The maximum Gasteiger partial charge on any atom is 0.241 e. The fourth-order valence-electron chi connectivity index (χ4n) is 2.93. The third-order valence-corrected chi connectivity index (χ3v) is 6.09. The quantitative estimate of drug-likeness (QED) is 0.782. The molecule has 23 heavy (non-hydrogen) atoms. The highest BCUT2D eigenvalue weighted by Gasteiger charge is 2.37. The van der Waals surface area contributed by atoms with Crippen LogP contribution in [0.3, 0.4) is 0 Å². The Hall–Kier alpha value is -1.41. The Labute approximate surface area is 137 Å². The van der Waals surface area contributed by atoms with Gasteiger partial charge < -0.3 is 9.42 Å². The number of hydrogen-bond acceptors (Lipinski definition) is 5. The Bertz CT molecular complexity index is 641. The van der Waals surface area contributed by atoms with Crippen LogP contribution >= 0.6 is 0 Å². The van der Waals surface area contributed by atoms with E-state index in [9.17, 15) is 13.2 Å². The summed E-state index contributed by atoms with van der Waals surface area (Å²) in [5, 5.41) is 3.88. The standard InChI is InChI=1S/C15H25N3O4S/c1-4-9-23(20,21)18-8-6-5-7-14(18)15(19)17(3)11-13-10-12(2)22-16-13/h10,14H,4-9,11H2,1-3H3. The highest BCUT2D eigenvalue weighted by atomic mass is 32.2. The average Bonchev–Trinajstić information content (AvgIpc) is 2.91. The Kier molecular flexibility index (Phi) is 5.80. The van der Waals surface area contributed by atoms with E-state index in [-0.39, 0.29) is 11.7 Å². The Morgan fingerprint density at radius 2 is 2.22 bits per heavy atom. The minimum Gasteiger partial charge on any atom is -0.361 e. The fraction of sp³-hybridized carbons (Fsp3) is 0.733. The van der Waals surface area contributed by atoms with E-state index in [4.69, 9.17) is 4.52 Å². The molecule has 2 heterocycles. The van der Waals surface area contributed by atoms with Crippen LogP contribution in [0.4, 0.5) is 0 Å². The maximum atomic E-state index is 12.7. The summed E-state index contributed by atoms with van der Waals surface area (Å²) in [4.78, 5) is 14.3. The number of sulfonamides is 1. The van der Waals surface area contributed by atoms with Crippen molar-refractivity contribution in [1.29, 1.82) is 0 Å². The van der Waals surface area contributed by atoms with E-state index >= 15 is 0 Å². The zero-order valence-corrected chi connectivity index (χ0v) is 14.8. The molecule has 0 radical (unpaired) electrons. The Morgan fingerprint density at radius 1 is 1.48 bits per heavy atom. The Morgan fingerprint density at radius 3 is 2.83 bits per heavy atom. The molecular formula is C15H25N3O4S. The minimum atomic E-state index is -3.38. The summed E-state index contributed by atoms with van der Waals surface area (Å²) in [6, 6.07) is 1.18. The van der Waals surface area contributed by atoms with Crippen LogP contribution in [-0.4, -0.2) is 54.1 Å². The van der Waals surface area contributed by atoms with E-state index < -0.39 is 16.1 Å². The highest BCUT2D eigenvalue weighted by molar-refractivity contribution is 7.89. The second-order valence-corrected chi connectivity index (χ2v) is 8.10. The summed E-state index contributed by atoms with van der Waals surface area (Å²) < 4.78 is 31.2. The van der Waals surface area contributed by atoms with Crippen molar-refractivity contribution in [3.8, 4) is 0 Å². The molecule has 7 nitrogen and oxygen atoms in total. The van der Waals surface area contributed by atoms with Gasteiger partial charge in [0, 0.05) is 19.7 Å². The van der Waals surface area contributed by atoms with E-state index in [1.807, 2.05) is 6.92 Å². The Balaban J connectivity index is 2.11. The lowest BCUT2D eigenvalue weighted by molar-refractivity contribution is -0.135. The van der Waals surface area contributed by atoms with Crippen molar-refractivity contribution in [3.63, 3.8) is 0 Å². The molecule has 1 aromatic rings.